The van der Waals surface area contributed by atoms with Crippen LogP contribution >= 0.6 is 7.82 Å². The van der Waals surface area contributed by atoms with E-state index in [4.69, 9.17) is 14.8 Å². The lowest BCUT2D eigenvalue weighted by molar-refractivity contribution is -0.125. The van der Waals surface area contributed by atoms with Gasteiger partial charge in [0.25, 0.3) is 0 Å². The summed E-state index contributed by atoms with van der Waals surface area (Å²) in [5.41, 5.74) is 5.40. The summed E-state index contributed by atoms with van der Waals surface area (Å²) in [5, 5.41) is 24.4. The number of amides is 1. The first kappa shape index (κ1) is 62.2. The first-order valence-corrected chi connectivity index (χ1v) is 28.9. The largest absolute Gasteiger partial charge is 0.472 e. The number of phosphoric acid groups is 1. The highest BCUT2D eigenvalue weighted by molar-refractivity contribution is 7.47. The number of unbranched alkanes of at least 4 members (excludes halogenated alkanes) is 36. The summed E-state index contributed by atoms with van der Waals surface area (Å²) in [6, 6.07) is -0.898. The van der Waals surface area contributed by atoms with Crippen LogP contribution in [0.4, 0.5) is 0 Å². The van der Waals surface area contributed by atoms with Gasteiger partial charge < -0.3 is 26.2 Å². The second kappa shape index (κ2) is 49.1. The predicted octanol–water partition coefficient (Wildman–Crippen LogP) is 15.3. The van der Waals surface area contributed by atoms with Gasteiger partial charge >= 0.3 is 7.82 Å². The van der Waals surface area contributed by atoms with Gasteiger partial charge in [-0.1, -0.05) is 251 Å². The van der Waals surface area contributed by atoms with E-state index in [2.05, 4.69) is 31.3 Å². The number of allylic oxidation sites excluding steroid dienone is 2. The van der Waals surface area contributed by atoms with Crippen LogP contribution in [0.3, 0.4) is 0 Å². The molecule has 0 bridgehead atoms. The molecule has 0 radical (unpaired) electrons. The SMILES string of the molecule is CCCCCCCCCCCCCC/C=C\CCCCCCCC(O)CC(=O)NC(COP(=O)(O)OCCN)C(O)CCCCCCCCCCCCCCCCCCCCCC. The van der Waals surface area contributed by atoms with Gasteiger partial charge in [-0.25, -0.2) is 4.57 Å². The Morgan fingerprint density at radius 1 is 0.524 bits per heavy atom. The van der Waals surface area contributed by atoms with E-state index in [1.54, 1.807) is 0 Å². The highest BCUT2D eigenvalue weighted by Crippen LogP contribution is 2.43. The summed E-state index contributed by atoms with van der Waals surface area (Å²) < 4.78 is 22.3. The van der Waals surface area contributed by atoms with Crippen molar-refractivity contribution in [2.45, 2.75) is 302 Å². The number of hydrogen-bond acceptors (Lipinski definition) is 7. The zero-order valence-electron chi connectivity index (χ0n) is 41.7. The van der Waals surface area contributed by atoms with Crippen LogP contribution in [0.1, 0.15) is 284 Å². The van der Waals surface area contributed by atoms with Gasteiger partial charge in [0, 0.05) is 6.54 Å². The summed E-state index contributed by atoms with van der Waals surface area (Å²) in [6.45, 7) is 4.09. The topological polar surface area (TPSA) is 151 Å². The number of phosphoric ester groups is 1. The minimum atomic E-state index is -4.38. The van der Waals surface area contributed by atoms with Crippen LogP contribution in [-0.4, -0.2) is 59.0 Å². The summed E-state index contributed by atoms with van der Waals surface area (Å²) in [6.07, 6.45) is 54.1. The molecule has 0 spiro atoms. The molecule has 0 rings (SSSR count). The molecule has 0 aromatic rings. The minimum Gasteiger partial charge on any atom is -0.393 e. The molecule has 0 saturated carbocycles. The first-order valence-electron chi connectivity index (χ1n) is 27.4. The van der Waals surface area contributed by atoms with Gasteiger partial charge in [0.1, 0.15) is 0 Å². The lowest BCUT2D eigenvalue weighted by atomic mass is 10.0. The van der Waals surface area contributed by atoms with Gasteiger partial charge in [-0.05, 0) is 38.5 Å². The average molecular weight is 915 g/mol. The molecule has 0 saturated heterocycles. The Labute approximate surface area is 390 Å². The van der Waals surface area contributed by atoms with E-state index in [1.807, 2.05) is 0 Å². The fourth-order valence-corrected chi connectivity index (χ4v) is 9.29. The third-order valence-corrected chi connectivity index (χ3v) is 13.7. The van der Waals surface area contributed by atoms with Gasteiger partial charge in [-0.15, -0.1) is 0 Å². The predicted molar refractivity (Wildman–Crippen MR) is 269 cm³/mol. The molecule has 10 heteroatoms. The fraction of sp³-hybridized carbons (Fsp3) is 0.943. The highest BCUT2D eigenvalue weighted by Gasteiger charge is 2.28. The zero-order chi connectivity index (χ0) is 46.2. The highest BCUT2D eigenvalue weighted by atomic mass is 31.2. The molecule has 376 valence electrons. The van der Waals surface area contributed by atoms with Gasteiger partial charge in [0.05, 0.1) is 37.9 Å². The molecule has 9 nitrogen and oxygen atoms in total. The van der Waals surface area contributed by atoms with E-state index in [-0.39, 0.29) is 26.2 Å². The molecule has 0 aliphatic heterocycles. The van der Waals surface area contributed by atoms with E-state index < -0.39 is 32.0 Å². The number of carbonyl (C=O) groups is 1. The number of carbonyl (C=O) groups excluding carboxylic acids is 1. The van der Waals surface area contributed by atoms with E-state index in [1.165, 1.54) is 205 Å². The molecule has 6 N–H and O–H groups in total. The maximum absolute atomic E-state index is 12.9. The molecule has 4 atom stereocenters. The van der Waals surface area contributed by atoms with Crippen LogP contribution in [0.5, 0.6) is 0 Å². The molecule has 1 amide bonds. The number of rotatable bonds is 52. The van der Waals surface area contributed by atoms with Crippen molar-refractivity contribution in [2.75, 3.05) is 19.8 Å². The Morgan fingerprint density at radius 3 is 1.22 bits per heavy atom. The molecule has 0 heterocycles. The second-order valence-corrected chi connectivity index (χ2v) is 20.4. The van der Waals surface area contributed by atoms with Crippen molar-refractivity contribution in [3.63, 3.8) is 0 Å². The third-order valence-electron chi connectivity index (χ3n) is 12.7. The lowest BCUT2D eigenvalue weighted by Gasteiger charge is -2.25. The van der Waals surface area contributed by atoms with Gasteiger partial charge in [0.2, 0.25) is 5.91 Å². The van der Waals surface area contributed by atoms with Gasteiger partial charge in [0.15, 0.2) is 0 Å². The van der Waals surface area contributed by atoms with Gasteiger partial charge in [-0.2, -0.15) is 0 Å². The molecular weight excluding hydrogens is 808 g/mol. The van der Waals surface area contributed by atoms with Crippen molar-refractivity contribution >= 4 is 13.7 Å². The Morgan fingerprint density at radius 2 is 0.857 bits per heavy atom. The Balaban J connectivity index is 4.10. The summed E-state index contributed by atoms with van der Waals surface area (Å²) in [7, 11) is -4.38. The second-order valence-electron chi connectivity index (χ2n) is 19.0. The molecule has 63 heavy (non-hydrogen) atoms. The molecular formula is C53H107N2O7P. The van der Waals surface area contributed by atoms with Crippen molar-refractivity contribution in [3.8, 4) is 0 Å². The van der Waals surface area contributed by atoms with Crippen molar-refractivity contribution in [2.24, 2.45) is 5.73 Å². The first-order chi connectivity index (χ1) is 30.8. The average Bonchev–Trinajstić information content (AvgIpc) is 3.26. The Hall–Kier alpha value is -0.800. The standard InChI is InChI=1S/C53H107N2O7P/c1-3-5-7-9-11-13-15-17-19-21-23-25-26-28-30-32-34-36-38-40-42-44-50(56)48-53(58)55-51(49-62-63(59,60)61-47-46-54)52(57)45-43-41-39-37-35-33-31-29-27-24-22-20-18-16-14-12-10-8-6-4-2/h28,30,50-52,56-57H,3-27,29,31-49,54H2,1-2H3,(H,55,58)(H,59,60)/b30-28-. The van der Waals surface area contributed by atoms with Crippen LogP contribution in [0.2, 0.25) is 0 Å². The van der Waals surface area contributed by atoms with Crippen LogP contribution in [0.15, 0.2) is 12.2 Å². The summed E-state index contributed by atoms with van der Waals surface area (Å²) in [5.74, 6) is -0.412. The number of aliphatic hydroxyl groups excluding tert-OH is 2. The lowest BCUT2D eigenvalue weighted by Crippen LogP contribution is -2.47. The normalized spacial score (nSPS) is 14.3. The molecule has 0 aliphatic carbocycles. The van der Waals surface area contributed by atoms with Crippen molar-refractivity contribution in [1.29, 1.82) is 0 Å². The number of nitrogens with two attached hydrogens (primary N) is 1. The Bertz CT molecular complexity index is 1020. The third kappa shape index (κ3) is 47.5. The van der Waals surface area contributed by atoms with E-state index in [0.29, 0.717) is 12.8 Å². The summed E-state index contributed by atoms with van der Waals surface area (Å²) in [4.78, 5) is 22.9. The maximum atomic E-state index is 12.9. The number of nitrogens with one attached hydrogen (secondary N) is 1. The minimum absolute atomic E-state index is 0.0605. The van der Waals surface area contributed by atoms with Crippen molar-refractivity contribution in [3.05, 3.63) is 12.2 Å². The van der Waals surface area contributed by atoms with E-state index in [9.17, 15) is 24.5 Å². The number of hydrogen-bond donors (Lipinski definition) is 5. The molecule has 0 aliphatic rings. The smallest absolute Gasteiger partial charge is 0.393 e. The van der Waals surface area contributed by atoms with Crippen molar-refractivity contribution in [1.82, 2.24) is 5.32 Å². The summed E-state index contributed by atoms with van der Waals surface area (Å²) >= 11 is 0. The van der Waals surface area contributed by atoms with Crippen LogP contribution in [0.25, 0.3) is 0 Å². The quantitative estimate of drug-likeness (QED) is 0.0230. The van der Waals surface area contributed by atoms with E-state index in [0.717, 1.165) is 44.9 Å². The van der Waals surface area contributed by atoms with Crippen LogP contribution in [-0.2, 0) is 18.4 Å². The van der Waals surface area contributed by atoms with Gasteiger partial charge in [-0.3, -0.25) is 13.8 Å². The molecule has 0 aromatic heterocycles. The zero-order valence-corrected chi connectivity index (χ0v) is 42.6. The molecule has 0 aromatic carbocycles. The molecule has 4 unspecified atom stereocenters. The monoisotopic (exact) mass is 915 g/mol. The van der Waals surface area contributed by atoms with Crippen LogP contribution < -0.4 is 11.1 Å². The molecule has 0 fully saturated rings. The Kier molecular flexibility index (Phi) is 48.5. The van der Waals surface area contributed by atoms with E-state index >= 15 is 0 Å². The fourth-order valence-electron chi connectivity index (χ4n) is 8.53. The van der Waals surface area contributed by atoms with Crippen LogP contribution in [0, 0.1) is 0 Å². The number of aliphatic hydroxyl groups is 2. The maximum Gasteiger partial charge on any atom is 0.472 e. The van der Waals surface area contributed by atoms with Crippen molar-refractivity contribution < 1.29 is 33.5 Å².